The summed E-state index contributed by atoms with van der Waals surface area (Å²) in [6.07, 6.45) is 0.920. The van der Waals surface area contributed by atoms with E-state index in [1.807, 2.05) is 19.9 Å². The monoisotopic (exact) mass is 293 g/mol. The van der Waals surface area contributed by atoms with Crippen molar-refractivity contribution in [3.05, 3.63) is 29.3 Å². The van der Waals surface area contributed by atoms with Crippen LogP contribution in [0.3, 0.4) is 0 Å². The largest absolute Gasteiger partial charge is 0.508 e. The number of carbonyl (C=O) groups is 1. The first-order valence-electron chi connectivity index (χ1n) is 7.33. The van der Waals surface area contributed by atoms with Crippen molar-refractivity contribution in [2.24, 2.45) is 0 Å². The Morgan fingerprint density at radius 3 is 2.62 bits per heavy atom. The molecule has 1 aliphatic carbocycles. The van der Waals surface area contributed by atoms with Gasteiger partial charge in [0, 0.05) is 18.9 Å². The van der Waals surface area contributed by atoms with Crippen LogP contribution in [0.2, 0.25) is 0 Å². The second kappa shape index (κ2) is 5.93. The molecule has 0 unspecified atom stereocenters. The summed E-state index contributed by atoms with van der Waals surface area (Å²) in [5.41, 5.74) is 1.78. The van der Waals surface area contributed by atoms with Crippen molar-refractivity contribution in [2.45, 2.75) is 50.7 Å². The number of amides is 1. The van der Waals surface area contributed by atoms with Gasteiger partial charge in [0.2, 0.25) is 0 Å². The van der Waals surface area contributed by atoms with Crippen molar-refractivity contribution >= 4 is 6.09 Å². The maximum absolute atomic E-state index is 11.2. The van der Waals surface area contributed by atoms with Gasteiger partial charge in [-0.15, -0.1) is 0 Å². The lowest BCUT2D eigenvalue weighted by molar-refractivity contribution is 0.0253. The van der Waals surface area contributed by atoms with Gasteiger partial charge in [-0.1, -0.05) is 19.9 Å². The standard InChI is InChI=1S/C16H23NO4/c1-4-16(5-2)12-9-11(18)7-6-10(12)8-13(21-3)14(16)17-15(19)20/h6-7,9,13-14,17-18H,4-5,8H2,1-3H3,(H,19,20)/t13-,14+/m1/s1. The highest BCUT2D eigenvalue weighted by Crippen LogP contribution is 2.44. The third-order valence-electron chi connectivity index (χ3n) is 4.86. The molecule has 0 aromatic heterocycles. The summed E-state index contributed by atoms with van der Waals surface area (Å²) in [7, 11) is 1.61. The number of phenolic OH excluding ortho intramolecular Hbond substituents is 1. The van der Waals surface area contributed by atoms with Gasteiger partial charge in [0.05, 0.1) is 12.1 Å². The van der Waals surface area contributed by atoms with Crippen molar-refractivity contribution in [1.29, 1.82) is 0 Å². The number of aromatic hydroxyl groups is 1. The molecule has 1 aromatic rings. The minimum Gasteiger partial charge on any atom is -0.508 e. The Balaban J connectivity index is 2.60. The Bertz CT molecular complexity index is 525. The van der Waals surface area contributed by atoms with E-state index in [-0.39, 0.29) is 23.3 Å². The van der Waals surface area contributed by atoms with Crippen LogP contribution >= 0.6 is 0 Å². The Labute approximate surface area is 124 Å². The van der Waals surface area contributed by atoms with E-state index in [0.717, 1.165) is 24.0 Å². The molecule has 2 rings (SSSR count). The van der Waals surface area contributed by atoms with Crippen LogP contribution in [0.4, 0.5) is 4.79 Å². The van der Waals surface area contributed by atoms with E-state index >= 15 is 0 Å². The summed E-state index contributed by atoms with van der Waals surface area (Å²) in [6, 6.07) is 5.02. The number of carboxylic acid groups (broad SMARTS) is 1. The van der Waals surface area contributed by atoms with Gasteiger partial charge in [-0.25, -0.2) is 4.79 Å². The molecule has 21 heavy (non-hydrogen) atoms. The van der Waals surface area contributed by atoms with Crippen molar-refractivity contribution < 1.29 is 19.7 Å². The maximum atomic E-state index is 11.2. The molecule has 2 atom stereocenters. The van der Waals surface area contributed by atoms with Crippen LogP contribution in [0, 0.1) is 0 Å². The number of fused-ring (bicyclic) bond motifs is 1. The van der Waals surface area contributed by atoms with Crippen LogP contribution in [-0.2, 0) is 16.6 Å². The topological polar surface area (TPSA) is 78.8 Å². The number of nitrogens with one attached hydrogen (secondary N) is 1. The summed E-state index contributed by atoms with van der Waals surface area (Å²) in [4.78, 5) is 11.2. The van der Waals surface area contributed by atoms with Crippen LogP contribution in [-0.4, -0.2) is 35.6 Å². The highest BCUT2D eigenvalue weighted by molar-refractivity contribution is 5.66. The number of ether oxygens (including phenoxy) is 1. The first-order chi connectivity index (χ1) is 9.98. The second-order valence-electron chi connectivity index (χ2n) is 5.61. The van der Waals surface area contributed by atoms with Crippen LogP contribution in [0.25, 0.3) is 0 Å². The number of phenols is 1. The number of benzene rings is 1. The third-order valence-corrected chi connectivity index (χ3v) is 4.86. The van der Waals surface area contributed by atoms with E-state index in [9.17, 15) is 15.0 Å². The van der Waals surface area contributed by atoms with Crippen LogP contribution in [0.1, 0.15) is 37.8 Å². The van der Waals surface area contributed by atoms with E-state index in [1.165, 1.54) is 0 Å². The number of methoxy groups -OCH3 is 1. The summed E-state index contributed by atoms with van der Waals surface area (Å²) >= 11 is 0. The van der Waals surface area contributed by atoms with Gasteiger partial charge in [-0.3, -0.25) is 0 Å². The molecule has 1 aromatic carbocycles. The van der Waals surface area contributed by atoms with Crippen molar-refractivity contribution in [1.82, 2.24) is 5.32 Å². The molecule has 0 spiro atoms. The van der Waals surface area contributed by atoms with Crippen LogP contribution in [0.15, 0.2) is 18.2 Å². The van der Waals surface area contributed by atoms with Crippen molar-refractivity contribution in [3.63, 3.8) is 0 Å². The zero-order chi connectivity index (χ0) is 15.6. The van der Waals surface area contributed by atoms with Crippen molar-refractivity contribution in [2.75, 3.05) is 7.11 Å². The Morgan fingerprint density at radius 1 is 1.43 bits per heavy atom. The summed E-state index contributed by atoms with van der Waals surface area (Å²) in [5, 5.41) is 21.7. The molecular formula is C16H23NO4. The fourth-order valence-electron chi connectivity index (χ4n) is 3.72. The van der Waals surface area contributed by atoms with E-state index < -0.39 is 6.09 Å². The molecule has 5 nitrogen and oxygen atoms in total. The second-order valence-corrected chi connectivity index (χ2v) is 5.61. The molecule has 0 fully saturated rings. The molecule has 116 valence electrons. The SMILES string of the molecule is CCC1(CC)c2cc(O)ccc2C[C@@H](OC)[C@@H]1NC(=O)O. The molecule has 0 saturated carbocycles. The normalized spacial score (nSPS) is 23.4. The number of hydrogen-bond donors (Lipinski definition) is 3. The lowest BCUT2D eigenvalue weighted by atomic mass is 9.62. The fourth-order valence-corrected chi connectivity index (χ4v) is 3.72. The minimum atomic E-state index is -1.04. The lowest BCUT2D eigenvalue weighted by Gasteiger charge is -2.48. The predicted octanol–water partition coefficient (Wildman–Crippen LogP) is 2.66. The first-order valence-corrected chi connectivity index (χ1v) is 7.33. The maximum Gasteiger partial charge on any atom is 0.404 e. The van der Waals surface area contributed by atoms with E-state index in [4.69, 9.17) is 4.74 Å². The predicted molar refractivity (Wildman–Crippen MR) is 79.8 cm³/mol. The average Bonchev–Trinajstić information content (AvgIpc) is 2.47. The Kier molecular flexibility index (Phi) is 4.42. The van der Waals surface area contributed by atoms with Crippen molar-refractivity contribution in [3.8, 4) is 5.75 Å². The zero-order valence-electron chi connectivity index (χ0n) is 12.7. The molecule has 0 aliphatic heterocycles. The molecule has 1 amide bonds. The van der Waals surface area contributed by atoms with Gasteiger partial charge in [-0.05, 0) is 36.1 Å². The van der Waals surface area contributed by atoms with Gasteiger partial charge < -0.3 is 20.3 Å². The molecule has 0 bridgehead atoms. The van der Waals surface area contributed by atoms with E-state index in [2.05, 4.69) is 5.32 Å². The zero-order valence-corrected chi connectivity index (χ0v) is 12.7. The smallest absolute Gasteiger partial charge is 0.404 e. The fraction of sp³-hybridized carbons (Fsp3) is 0.562. The van der Waals surface area contributed by atoms with Gasteiger partial charge in [0.25, 0.3) is 0 Å². The summed E-state index contributed by atoms with van der Waals surface area (Å²) < 4.78 is 5.56. The Morgan fingerprint density at radius 2 is 2.10 bits per heavy atom. The number of hydrogen-bond acceptors (Lipinski definition) is 3. The highest BCUT2D eigenvalue weighted by atomic mass is 16.5. The third kappa shape index (κ3) is 2.58. The van der Waals surface area contributed by atoms with Gasteiger partial charge >= 0.3 is 6.09 Å². The van der Waals surface area contributed by atoms with Crippen LogP contribution < -0.4 is 5.32 Å². The van der Waals surface area contributed by atoms with Gasteiger partial charge in [0.1, 0.15) is 5.75 Å². The minimum absolute atomic E-state index is 0.210. The summed E-state index contributed by atoms with van der Waals surface area (Å²) in [6.45, 7) is 4.10. The lowest BCUT2D eigenvalue weighted by Crippen LogP contribution is -2.60. The molecule has 0 saturated heterocycles. The molecule has 1 aliphatic rings. The highest BCUT2D eigenvalue weighted by Gasteiger charge is 2.47. The average molecular weight is 293 g/mol. The molecule has 0 heterocycles. The van der Waals surface area contributed by atoms with E-state index in [0.29, 0.717) is 6.42 Å². The quantitative estimate of drug-likeness (QED) is 0.797. The number of rotatable bonds is 4. The van der Waals surface area contributed by atoms with Gasteiger partial charge in [0.15, 0.2) is 0 Å². The molecule has 3 N–H and O–H groups in total. The van der Waals surface area contributed by atoms with Gasteiger partial charge in [-0.2, -0.15) is 0 Å². The molecular weight excluding hydrogens is 270 g/mol. The van der Waals surface area contributed by atoms with E-state index in [1.54, 1.807) is 19.2 Å². The molecule has 5 heteroatoms. The summed E-state index contributed by atoms with van der Waals surface area (Å²) in [5.74, 6) is 0.213. The van der Waals surface area contributed by atoms with Crippen LogP contribution in [0.5, 0.6) is 5.75 Å². The molecule has 0 radical (unpaired) electrons. The Hall–Kier alpha value is -1.75. The first kappa shape index (κ1) is 15.6.